The molecular weight excluding hydrogens is 332 g/mol. The minimum Gasteiger partial charge on any atom is -0.349 e. The molecule has 1 aromatic rings. The molecule has 0 aliphatic carbocycles. The molecule has 0 saturated carbocycles. The average molecular weight is 361 g/mol. The van der Waals surface area contributed by atoms with Crippen molar-refractivity contribution in [1.82, 2.24) is 15.5 Å². The molecule has 5 nitrogen and oxygen atoms in total. The Bertz CT molecular complexity index is 653. The molecule has 0 bridgehead atoms. The number of carbonyl (C=O) groups is 1. The molecule has 2 aliphatic heterocycles. The number of nitrogens with zero attached hydrogens (tertiary/aromatic N) is 1. The SMILES string of the molecule is Cc1ccccc1NC(=S)N1CCC2(CC1)NC(=O)C(CC(C)C)N2. The molecule has 1 aromatic carbocycles. The third-order valence-corrected chi connectivity index (χ3v) is 5.49. The Labute approximate surface area is 155 Å². The fourth-order valence-electron chi connectivity index (χ4n) is 3.66. The van der Waals surface area contributed by atoms with Crippen molar-refractivity contribution in [3.63, 3.8) is 0 Å². The van der Waals surface area contributed by atoms with E-state index in [1.165, 1.54) is 5.56 Å². The molecule has 1 amide bonds. The number of nitrogens with one attached hydrogen (secondary N) is 3. The maximum atomic E-state index is 12.3. The lowest BCUT2D eigenvalue weighted by atomic mass is 9.97. The van der Waals surface area contributed by atoms with Gasteiger partial charge in [-0.25, -0.2) is 0 Å². The fraction of sp³-hybridized carbons (Fsp3) is 0.579. The molecular formula is C19H28N4OS. The lowest BCUT2D eigenvalue weighted by molar-refractivity contribution is -0.121. The van der Waals surface area contributed by atoms with Crippen molar-refractivity contribution < 1.29 is 4.79 Å². The number of benzene rings is 1. The van der Waals surface area contributed by atoms with E-state index >= 15 is 0 Å². The number of anilines is 1. The van der Waals surface area contributed by atoms with Crippen LogP contribution in [0.3, 0.4) is 0 Å². The number of piperidine rings is 1. The van der Waals surface area contributed by atoms with E-state index in [0.717, 1.165) is 43.2 Å². The Balaban J connectivity index is 1.56. The summed E-state index contributed by atoms with van der Waals surface area (Å²) in [5.41, 5.74) is 1.97. The van der Waals surface area contributed by atoms with Crippen LogP contribution in [0.2, 0.25) is 0 Å². The van der Waals surface area contributed by atoms with Crippen molar-refractivity contribution >= 4 is 28.9 Å². The summed E-state index contributed by atoms with van der Waals surface area (Å²) in [7, 11) is 0. The molecule has 2 fully saturated rings. The van der Waals surface area contributed by atoms with E-state index < -0.39 is 0 Å². The first-order chi connectivity index (χ1) is 11.9. The van der Waals surface area contributed by atoms with E-state index in [1.54, 1.807) is 0 Å². The highest BCUT2D eigenvalue weighted by molar-refractivity contribution is 7.80. The zero-order chi connectivity index (χ0) is 18.0. The van der Waals surface area contributed by atoms with Crippen LogP contribution in [0.4, 0.5) is 5.69 Å². The molecule has 3 N–H and O–H groups in total. The number of para-hydroxylation sites is 1. The van der Waals surface area contributed by atoms with E-state index in [0.29, 0.717) is 5.92 Å². The van der Waals surface area contributed by atoms with E-state index in [-0.39, 0.29) is 17.6 Å². The van der Waals surface area contributed by atoms with Crippen LogP contribution in [-0.2, 0) is 4.79 Å². The van der Waals surface area contributed by atoms with Crippen LogP contribution in [0.5, 0.6) is 0 Å². The van der Waals surface area contributed by atoms with Crippen LogP contribution in [0.15, 0.2) is 24.3 Å². The van der Waals surface area contributed by atoms with Crippen molar-refractivity contribution in [2.75, 3.05) is 18.4 Å². The zero-order valence-corrected chi connectivity index (χ0v) is 16.1. The van der Waals surface area contributed by atoms with Gasteiger partial charge in [0.2, 0.25) is 5.91 Å². The van der Waals surface area contributed by atoms with Crippen molar-refractivity contribution in [2.45, 2.75) is 51.7 Å². The van der Waals surface area contributed by atoms with Crippen LogP contribution >= 0.6 is 12.2 Å². The van der Waals surface area contributed by atoms with Crippen LogP contribution in [0.1, 0.15) is 38.7 Å². The largest absolute Gasteiger partial charge is 0.349 e. The monoisotopic (exact) mass is 360 g/mol. The molecule has 1 atom stereocenters. The highest BCUT2D eigenvalue weighted by atomic mass is 32.1. The van der Waals surface area contributed by atoms with Gasteiger partial charge in [0, 0.05) is 31.6 Å². The van der Waals surface area contributed by atoms with Crippen molar-refractivity contribution in [2.24, 2.45) is 5.92 Å². The molecule has 1 spiro atoms. The van der Waals surface area contributed by atoms with Gasteiger partial charge in [0.05, 0.1) is 11.7 Å². The Morgan fingerprint density at radius 1 is 1.36 bits per heavy atom. The van der Waals surface area contributed by atoms with Crippen molar-refractivity contribution in [3.05, 3.63) is 29.8 Å². The second-order valence-electron chi connectivity index (χ2n) is 7.63. The minimum absolute atomic E-state index is 0.0661. The van der Waals surface area contributed by atoms with E-state index in [4.69, 9.17) is 12.2 Å². The lowest BCUT2D eigenvalue weighted by Gasteiger charge is -2.40. The van der Waals surface area contributed by atoms with Gasteiger partial charge in [-0.3, -0.25) is 10.1 Å². The third-order valence-electron chi connectivity index (χ3n) is 5.13. The molecule has 1 unspecified atom stereocenters. The maximum Gasteiger partial charge on any atom is 0.238 e. The first kappa shape index (κ1) is 18.1. The predicted molar refractivity (Wildman–Crippen MR) is 105 cm³/mol. The summed E-state index contributed by atoms with van der Waals surface area (Å²) in [4.78, 5) is 14.4. The predicted octanol–water partition coefficient (Wildman–Crippen LogP) is 2.62. The number of carbonyl (C=O) groups excluding carboxylic acids is 1. The molecule has 136 valence electrons. The summed E-state index contributed by atoms with van der Waals surface area (Å²) < 4.78 is 0. The number of thiocarbonyl (C=S) groups is 1. The van der Waals surface area contributed by atoms with E-state index in [2.05, 4.69) is 47.7 Å². The number of hydrogen-bond donors (Lipinski definition) is 3. The summed E-state index contributed by atoms with van der Waals surface area (Å²) in [6.07, 6.45) is 2.61. The van der Waals surface area contributed by atoms with Gasteiger partial charge in [-0.2, -0.15) is 0 Å². The van der Waals surface area contributed by atoms with Gasteiger partial charge in [0.1, 0.15) is 0 Å². The topological polar surface area (TPSA) is 56.4 Å². The van der Waals surface area contributed by atoms with Crippen LogP contribution < -0.4 is 16.0 Å². The second kappa shape index (κ2) is 7.30. The van der Waals surface area contributed by atoms with Gasteiger partial charge in [-0.05, 0) is 43.1 Å². The van der Waals surface area contributed by atoms with E-state index in [9.17, 15) is 4.79 Å². The van der Waals surface area contributed by atoms with Gasteiger partial charge in [-0.15, -0.1) is 0 Å². The van der Waals surface area contributed by atoms with Gasteiger partial charge >= 0.3 is 0 Å². The number of rotatable bonds is 3. The van der Waals surface area contributed by atoms with Gasteiger partial charge in [-0.1, -0.05) is 32.0 Å². The normalized spacial score (nSPS) is 22.3. The van der Waals surface area contributed by atoms with E-state index in [1.807, 2.05) is 18.2 Å². The standard InChI is InChI=1S/C19H28N4OS/c1-13(2)12-16-17(24)22-19(21-16)8-10-23(11-9-19)18(25)20-15-7-5-4-6-14(15)3/h4-7,13,16,21H,8-12H2,1-3H3,(H,20,25)(H,22,24). The third kappa shape index (κ3) is 4.12. The second-order valence-corrected chi connectivity index (χ2v) is 8.02. The average Bonchev–Trinajstić information content (AvgIpc) is 2.85. The summed E-state index contributed by atoms with van der Waals surface area (Å²) in [6.45, 7) is 8.04. The molecule has 2 saturated heterocycles. The summed E-state index contributed by atoms with van der Waals surface area (Å²) in [5.74, 6) is 0.646. The quantitative estimate of drug-likeness (QED) is 0.724. The number of likely N-dealkylation sites (tertiary alicyclic amines) is 1. The molecule has 0 aromatic heterocycles. The highest BCUT2D eigenvalue weighted by Gasteiger charge is 2.45. The first-order valence-electron chi connectivity index (χ1n) is 9.10. The minimum atomic E-state index is -0.259. The summed E-state index contributed by atoms with van der Waals surface area (Å²) in [6, 6.07) is 8.08. The number of amides is 1. The van der Waals surface area contributed by atoms with Crippen molar-refractivity contribution in [3.8, 4) is 0 Å². The van der Waals surface area contributed by atoms with Gasteiger partial charge in [0.15, 0.2) is 5.11 Å². The number of hydrogen-bond acceptors (Lipinski definition) is 3. The molecule has 25 heavy (non-hydrogen) atoms. The Morgan fingerprint density at radius 3 is 2.68 bits per heavy atom. The Morgan fingerprint density at radius 2 is 2.04 bits per heavy atom. The van der Waals surface area contributed by atoms with Crippen LogP contribution in [0.25, 0.3) is 0 Å². The van der Waals surface area contributed by atoms with Crippen LogP contribution in [-0.4, -0.2) is 40.7 Å². The molecule has 6 heteroatoms. The molecule has 3 rings (SSSR count). The van der Waals surface area contributed by atoms with Crippen LogP contribution in [0, 0.1) is 12.8 Å². The summed E-state index contributed by atoms with van der Waals surface area (Å²) >= 11 is 5.59. The van der Waals surface area contributed by atoms with Gasteiger partial charge in [0.25, 0.3) is 0 Å². The molecule has 2 heterocycles. The number of aryl methyl sites for hydroxylation is 1. The smallest absolute Gasteiger partial charge is 0.238 e. The van der Waals surface area contributed by atoms with Crippen molar-refractivity contribution in [1.29, 1.82) is 0 Å². The zero-order valence-electron chi connectivity index (χ0n) is 15.3. The maximum absolute atomic E-state index is 12.3. The van der Waals surface area contributed by atoms with Gasteiger partial charge < -0.3 is 15.5 Å². The fourth-order valence-corrected chi connectivity index (χ4v) is 3.96. The Hall–Kier alpha value is -1.66. The highest BCUT2D eigenvalue weighted by Crippen LogP contribution is 2.27. The first-order valence-corrected chi connectivity index (χ1v) is 9.51. The molecule has 2 aliphatic rings. The molecule has 0 radical (unpaired) electrons. The summed E-state index contributed by atoms with van der Waals surface area (Å²) in [5, 5.41) is 10.9. The lowest BCUT2D eigenvalue weighted by Crippen LogP contribution is -2.58. The Kier molecular flexibility index (Phi) is 5.29.